The fourth-order valence-electron chi connectivity index (χ4n) is 2.59. The van der Waals surface area contributed by atoms with Crippen LogP contribution in [-0.2, 0) is 0 Å². The summed E-state index contributed by atoms with van der Waals surface area (Å²) in [6.45, 7) is 1.65. The smallest absolute Gasteiger partial charge is 0.256 e. The van der Waals surface area contributed by atoms with Crippen molar-refractivity contribution in [1.82, 2.24) is 14.9 Å². The Morgan fingerprint density at radius 1 is 1.09 bits per heavy atom. The summed E-state index contributed by atoms with van der Waals surface area (Å²) in [4.78, 5) is 22.7. The van der Waals surface area contributed by atoms with E-state index in [1.165, 1.54) is 6.42 Å². The van der Waals surface area contributed by atoms with E-state index in [0.29, 0.717) is 11.5 Å². The molecule has 2 heterocycles. The van der Waals surface area contributed by atoms with Crippen molar-refractivity contribution in [2.24, 2.45) is 0 Å². The molecule has 1 saturated heterocycles. The molecule has 0 radical (unpaired) electrons. The fraction of sp³-hybridized carbons (Fsp3) is 0.353. The maximum Gasteiger partial charge on any atom is 0.256 e. The first-order chi connectivity index (χ1) is 11.3. The highest BCUT2D eigenvalue weighted by Crippen LogP contribution is 2.18. The molecule has 0 saturated carbocycles. The van der Waals surface area contributed by atoms with Crippen LogP contribution in [0.4, 0.5) is 11.6 Å². The van der Waals surface area contributed by atoms with E-state index in [1.54, 1.807) is 19.5 Å². The Balaban J connectivity index is 1.65. The number of nitrogens with zero attached hydrogens (tertiary/aromatic N) is 3. The average molecular weight is 312 g/mol. The molecule has 1 aromatic heterocycles. The standard InChI is InChI=1S/C17H20N4O2/c1-23-15-7-5-14(6-8-15)20-17-18-11-13(12-19-17)16(22)21-9-3-2-4-10-21/h5-8,11-12H,2-4,9-10H2,1H3,(H,18,19,20). The number of ether oxygens (including phenoxy) is 1. The topological polar surface area (TPSA) is 67.3 Å². The Kier molecular flexibility index (Phi) is 4.71. The van der Waals surface area contributed by atoms with Gasteiger partial charge in [0.15, 0.2) is 0 Å². The van der Waals surface area contributed by atoms with E-state index >= 15 is 0 Å². The lowest BCUT2D eigenvalue weighted by Crippen LogP contribution is -2.35. The van der Waals surface area contributed by atoms with E-state index < -0.39 is 0 Å². The molecule has 0 spiro atoms. The lowest BCUT2D eigenvalue weighted by molar-refractivity contribution is 0.0723. The first kappa shape index (κ1) is 15.3. The first-order valence-corrected chi connectivity index (χ1v) is 7.78. The van der Waals surface area contributed by atoms with E-state index in [-0.39, 0.29) is 5.91 Å². The number of amides is 1. The number of benzene rings is 1. The molecule has 23 heavy (non-hydrogen) atoms. The van der Waals surface area contributed by atoms with Crippen LogP contribution in [0.3, 0.4) is 0 Å². The van der Waals surface area contributed by atoms with Gasteiger partial charge in [-0.25, -0.2) is 9.97 Å². The lowest BCUT2D eigenvalue weighted by Gasteiger charge is -2.26. The molecule has 1 aliphatic heterocycles. The largest absolute Gasteiger partial charge is 0.497 e. The van der Waals surface area contributed by atoms with Gasteiger partial charge in [-0.05, 0) is 43.5 Å². The van der Waals surface area contributed by atoms with E-state index in [2.05, 4.69) is 15.3 Å². The normalized spacial score (nSPS) is 14.4. The Labute approximate surface area is 135 Å². The summed E-state index contributed by atoms with van der Waals surface area (Å²) >= 11 is 0. The van der Waals surface area contributed by atoms with Crippen molar-refractivity contribution >= 4 is 17.5 Å². The second-order valence-corrected chi connectivity index (χ2v) is 5.50. The number of piperidine rings is 1. The van der Waals surface area contributed by atoms with Gasteiger partial charge in [0.1, 0.15) is 5.75 Å². The van der Waals surface area contributed by atoms with E-state index in [0.717, 1.165) is 37.4 Å². The van der Waals surface area contributed by atoms with Crippen LogP contribution in [0.1, 0.15) is 29.6 Å². The van der Waals surface area contributed by atoms with Gasteiger partial charge in [-0.1, -0.05) is 0 Å². The van der Waals surface area contributed by atoms with Crippen LogP contribution in [0.15, 0.2) is 36.7 Å². The van der Waals surface area contributed by atoms with Crippen molar-refractivity contribution in [1.29, 1.82) is 0 Å². The van der Waals surface area contributed by atoms with Crippen molar-refractivity contribution < 1.29 is 9.53 Å². The molecule has 1 N–H and O–H groups in total. The van der Waals surface area contributed by atoms with Crippen molar-refractivity contribution in [2.45, 2.75) is 19.3 Å². The number of carbonyl (C=O) groups is 1. The molecule has 2 aromatic rings. The van der Waals surface area contributed by atoms with Crippen molar-refractivity contribution in [3.05, 3.63) is 42.2 Å². The van der Waals surface area contributed by atoms with Gasteiger partial charge in [0.25, 0.3) is 5.91 Å². The number of likely N-dealkylation sites (tertiary alicyclic amines) is 1. The highest BCUT2D eigenvalue weighted by atomic mass is 16.5. The van der Waals surface area contributed by atoms with Crippen LogP contribution in [0.2, 0.25) is 0 Å². The molecule has 0 atom stereocenters. The number of anilines is 2. The zero-order chi connectivity index (χ0) is 16.1. The van der Waals surface area contributed by atoms with Crippen molar-refractivity contribution in [2.75, 3.05) is 25.5 Å². The molecule has 0 bridgehead atoms. The summed E-state index contributed by atoms with van der Waals surface area (Å²) in [6, 6.07) is 7.48. The number of nitrogens with one attached hydrogen (secondary N) is 1. The molecule has 6 heteroatoms. The highest BCUT2D eigenvalue weighted by molar-refractivity contribution is 5.93. The predicted molar refractivity (Wildman–Crippen MR) is 88.1 cm³/mol. The molecule has 120 valence electrons. The predicted octanol–water partition coefficient (Wildman–Crippen LogP) is 2.85. The number of aromatic nitrogens is 2. The third-order valence-electron chi connectivity index (χ3n) is 3.89. The van der Waals surface area contributed by atoms with E-state index in [1.807, 2.05) is 29.2 Å². The molecule has 1 aliphatic rings. The fourth-order valence-corrected chi connectivity index (χ4v) is 2.59. The Hall–Kier alpha value is -2.63. The van der Waals surface area contributed by atoms with Gasteiger partial charge >= 0.3 is 0 Å². The molecule has 6 nitrogen and oxygen atoms in total. The third-order valence-corrected chi connectivity index (χ3v) is 3.89. The Morgan fingerprint density at radius 3 is 2.35 bits per heavy atom. The van der Waals surface area contributed by atoms with Crippen LogP contribution in [0.25, 0.3) is 0 Å². The number of hydrogen-bond acceptors (Lipinski definition) is 5. The Bertz CT molecular complexity index is 649. The number of rotatable bonds is 4. The summed E-state index contributed by atoms with van der Waals surface area (Å²) in [6.07, 6.45) is 6.50. The Morgan fingerprint density at radius 2 is 1.74 bits per heavy atom. The molecule has 1 amide bonds. The minimum absolute atomic E-state index is 0.0145. The van der Waals surface area contributed by atoms with Gasteiger partial charge in [-0.15, -0.1) is 0 Å². The molecule has 0 aliphatic carbocycles. The molecular weight excluding hydrogens is 292 g/mol. The quantitative estimate of drug-likeness (QED) is 0.940. The zero-order valence-corrected chi connectivity index (χ0v) is 13.2. The van der Waals surface area contributed by atoms with Gasteiger partial charge in [-0.2, -0.15) is 0 Å². The minimum atomic E-state index is 0.0145. The van der Waals surface area contributed by atoms with Gasteiger partial charge in [0, 0.05) is 31.2 Å². The summed E-state index contributed by atoms with van der Waals surface area (Å²) in [5.74, 6) is 1.27. The summed E-state index contributed by atoms with van der Waals surface area (Å²) in [7, 11) is 1.63. The molecule has 0 unspecified atom stereocenters. The second kappa shape index (κ2) is 7.09. The van der Waals surface area contributed by atoms with Crippen molar-refractivity contribution in [3.63, 3.8) is 0 Å². The minimum Gasteiger partial charge on any atom is -0.497 e. The summed E-state index contributed by atoms with van der Waals surface area (Å²) in [5, 5.41) is 3.10. The van der Waals surface area contributed by atoms with Gasteiger partial charge in [-0.3, -0.25) is 4.79 Å². The van der Waals surface area contributed by atoms with Crippen LogP contribution in [0.5, 0.6) is 5.75 Å². The van der Waals surface area contributed by atoms with Gasteiger partial charge < -0.3 is 15.0 Å². The van der Waals surface area contributed by atoms with Gasteiger partial charge in [0.05, 0.1) is 12.7 Å². The zero-order valence-electron chi connectivity index (χ0n) is 13.2. The maximum absolute atomic E-state index is 12.4. The summed E-state index contributed by atoms with van der Waals surface area (Å²) < 4.78 is 5.12. The first-order valence-electron chi connectivity index (χ1n) is 7.78. The number of methoxy groups -OCH3 is 1. The summed E-state index contributed by atoms with van der Waals surface area (Å²) in [5.41, 5.74) is 1.40. The van der Waals surface area contributed by atoms with Crippen LogP contribution < -0.4 is 10.1 Å². The monoisotopic (exact) mass is 312 g/mol. The lowest BCUT2D eigenvalue weighted by atomic mass is 10.1. The van der Waals surface area contributed by atoms with Gasteiger partial charge in [0.2, 0.25) is 5.95 Å². The average Bonchev–Trinajstić information content (AvgIpc) is 2.63. The third kappa shape index (κ3) is 3.77. The second-order valence-electron chi connectivity index (χ2n) is 5.50. The molecule has 1 fully saturated rings. The van der Waals surface area contributed by atoms with Crippen molar-refractivity contribution in [3.8, 4) is 5.75 Å². The molecule has 3 rings (SSSR count). The molecular formula is C17H20N4O2. The van der Waals surface area contributed by atoms with Crippen LogP contribution >= 0.6 is 0 Å². The van der Waals surface area contributed by atoms with Crippen LogP contribution in [-0.4, -0.2) is 41.0 Å². The maximum atomic E-state index is 12.4. The number of carbonyl (C=O) groups excluding carboxylic acids is 1. The molecule has 1 aromatic carbocycles. The van der Waals surface area contributed by atoms with E-state index in [9.17, 15) is 4.79 Å². The van der Waals surface area contributed by atoms with E-state index in [4.69, 9.17) is 4.74 Å². The van der Waals surface area contributed by atoms with Crippen LogP contribution in [0, 0.1) is 0 Å². The SMILES string of the molecule is COc1ccc(Nc2ncc(C(=O)N3CCCCC3)cn2)cc1. The number of hydrogen-bond donors (Lipinski definition) is 1. The highest BCUT2D eigenvalue weighted by Gasteiger charge is 2.18.